The number of hydrogen-bond acceptors (Lipinski definition) is 4. The molecule has 1 aliphatic rings. The summed E-state index contributed by atoms with van der Waals surface area (Å²) in [6.07, 6.45) is 4.18. The van der Waals surface area contributed by atoms with Crippen molar-refractivity contribution < 1.29 is 4.92 Å². The van der Waals surface area contributed by atoms with Crippen LogP contribution in [-0.2, 0) is 0 Å². The maximum atomic E-state index is 11.0. The zero-order valence-electron chi connectivity index (χ0n) is 9.18. The minimum absolute atomic E-state index is 0.230. The van der Waals surface area contributed by atoms with Gasteiger partial charge in [-0.3, -0.25) is 10.1 Å². The van der Waals surface area contributed by atoms with E-state index in [0.29, 0.717) is 0 Å². The molecule has 1 fully saturated rings. The van der Waals surface area contributed by atoms with Crippen molar-refractivity contribution in [1.29, 1.82) is 0 Å². The molecule has 1 aromatic carbocycles. The summed E-state index contributed by atoms with van der Waals surface area (Å²) in [6.45, 7) is 1.86. The predicted octanol–water partition coefficient (Wildman–Crippen LogP) is 2.92. The fourth-order valence-corrected chi connectivity index (χ4v) is 2.44. The number of nitrogens with zero attached hydrogens (tertiary/aromatic N) is 2. The molecule has 1 heterocycles. The molecule has 0 unspecified atom stereocenters. The standard InChI is InChI=1S/C11H14N2O2S/c1-16-9-4-5-10(11(8-9)13(14)15)12-6-2-3-7-12/h4-5,8H,2-3,6-7H2,1H3. The summed E-state index contributed by atoms with van der Waals surface area (Å²) >= 11 is 1.53. The molecule has 0 saturated carbocycles. The number of anilines is 1. The normalized spacial score (nSPS) is 15.4. The molecular formula is C11H14N2O2S. The van der Waals surface area contributed by atoms with Crippen LogP contribution in [0.4, 0.5) is 11.4 Å². The molecule has 0 bridgehead atoms. The van der Waals surface area contributed by atoms with E-state index in [-0.39, 0.29) is 10.6 Å². The van der Waals surface area contributed by atoms with Crippen molar-refractivity contribution in [3.8, 4) is 0 Å². The van der Waals surface area contributed by atoms with E-state index in [1.165, 1.54) is 11.8 Å². The number of nitro groups is 1. The van der Waals surface area contributed by atoms with Crippen LogP contribution < -0.4 is 4.90 Å². The Bertz CT molecular complexity index is 403. The molecule has 0 N–H and O–H groups in total. The first-order chi connectivity index (χ1) is 7.72. The summed E-state index contributed by atoms with van der Waals surface area (Å²) in [6, 6.07) is 5.49. The second-order valence-electron chi connectivity index (χ2n) is 3.81. The average molecular weight is 238 g/mol. The van der Waals surface area contributed by atoms with E-state index in [4.69, 9.17) is 0 Å². The Kier molecular flexibility index (Phi) is 3.33. The van der Waals surface area contributed by atoms with Crippen molar-refractivity contribution in [2.24, 2.45) is 0 Å². The van der Waals surface area contributed by atoms with Crippen LogP contribution in [0, 0.1) is 10.1 Å². The Morgan fingerprint density at radius 1 is 1.38 bits per heavy atom. The third-order valence-electron chi connectivity index (χ3n) is 2.83. The van der Waals surface area contributed by atoms with Crippen molar-refractivity contribution in [2.75, 3.05) is 24.2 Å². The fraction of sp³-hybridized carbons (Fsp3) is 0.455. The third kappa shape index (κ3) is 2.14. The van der Waals surface area contributed by atoms with Gasteiger partial charge in [0.1, 0.15) is 5.69 Å². The zero-order chi connectivity index (χ0) is 11.5. The maximum Gasteiger partial charge on any atom is 0.293 e. The molecule has 16 heavy (non-hydrogen) atoms. The topological polar surface area (TPSA) is 46.4 Å². The first-order valence-electron chi connectivity index (χ1n) is 5.30. The van der Waals surface area contributed by atoms with Gasteiger partial charge in [-0.2, -0.15) is 0 Å². The van der Waals surface area contributed by atoms with Gasteiger partial charge < -0.3 is 4.90 Å². The van der Waals surface area contributed by atoms with Gasteiger partial charge in [0.15, 0.2) is 0 Å². The molecule has 0 atom stereocenters. The second-order valence-corrected chi connectivity index (χ2v) is 4.69. The van der Waals surface area contributed by atoms with Gasteiger partial charge in [0, 0.05) is 24.1 Å². The van der Waals surface area contributed by atoms with Crippen LogP contribution >= 0.6 is 11.8 Å². The summed E-state index contributed by atoms with van der Waals surface area (Å²) in [5.74, 6) is 0. The summed E-state index contributed by atoms with van der Waals surface area (Å²) < 4.78 is 0. The highest BCUT2D eigenvalue weighted by atomic mass is 32.2. The molecule has 1 aromatic rings. The van der Waals surface area contributed by atoms with Gasteiger partial charge in [-0.25, -0.2) is 0 Å². The van der Waals surface area contributed by atoms with E-state index < -0.39 is 0 Å². The van der Waals surface area contributed by atoms with Crippen LogP contribution in [0.3, 0.4) is 0 Å². The Balaban J connectivity index is 2.39. The van der Waals surface area contributed by atoms with Crippen LogP contribution in [0.15, 0.2) is 23.1 Å². The molecule has 0 amide bonds. The molecule has 86 valence electrons. The number of thioether (sulfide) groups is 1. The molecule has 2 rings (SSSR count). The molecule has 0 radical (unpaired) electrons. The van der Waals surface area contributed by atoms with Gasteiger partial charge in [0.2, 0.25) is 0 Å². The van der Waals surface area contributed by atoms with Crippen LogP contribution in [0.5, 0.6) is 0 Å². The zero-order valence-corrected chi connectivity index (χ0v) is 10.00. The lowest BCUT2D eigenvalue weighted by Crippen LogP contribution is -2.18. The van der Waals surface area contributed by atoms with E-state index in [2.05, 4.69) is 4.90 Å². The number of nitro benzene ring substituents is 1. The average Bonchev–Trinajstić information content (AvgIpc) is 2.81. The minimum atomic E-state index is -0.284. The van der Waals surface area contributed by atoms with E-state index in [9.17, 15) is 10.1 Å². The van der Waals surface area contributed by atoms with Crippen LogP contribution in [0.2, 0.25) is 0 Å². The SMILES string of the molecule is CSc1ccc(N2CCCC2)c([N+](=O)[O-])c1. The molecule has 0 aromatic heterocycles. The van der Waals surface area contributed by atoms with Crippen LogP contribution in [-0.4, -0.2) is 24.3 Å². The van der Waals surface area contributed by atoms with Gasteiger partial charge >= 0.3 is 0 Å². The summed E-state index contributed by atoms with van der Waals surface area (Å²) in [4.78, 5) is 13.8. The molecule has 1 saturated heterocycles. The lowest BCUT2D eigenvalue weighted by Gasteiger charge is -2.17. The largest absolute Gasteiger partial charge is 0.366 e. The van der Waals surface area contributed by atoms with Crippen LogP contribution in [0.1, 0.15) is 12.8 Å². The number of hydrogen-bond donors (Lipinski definition) is 0. The van der Waals surface area contributed by atoms with Gasteiger partial charge in [0.05, 0.1) is 4.92 Å². The number of rotatable bonds is 3. The van der Waals surface area contributed by atoms with Gasteiger partial charge in [-0.1, -0.05) is 0 Å². The highest BCUT2D eigenvalue weighted by Gasteiger charge is 2.22. The third-order valence-corrected chi connectivity index (χ3v) is 3.55. The van der Waals surface area contributed by atoms with Gasteiger partial charge in [-0.15, -0.1) is 11.8 Å². The first kappa shape index (κ1) is 11.3. The molecule has 0 aliphatic carbocycles. The lowest BCUT2D eigenvalue weighted by atomic mass is 10.2. The molecular weight excluding hydrogens is 224 g/mol. The van der Waals surface area contributed by atoms with E-state index in [1.807, 2.05) is 18.4 Å². The molecule has 4 nitrogen and oxygen atoms in total. The smallest absolute Gasteiger partial charge is 0.293 e. The van der Waals surface area contributed by atoms with Gasteiger partial charge in [-0.05, 0) is 31.2 Å². The van der Waals surface area contributed by atoms with Crippen molar-refractivity contribution >= 4 is 23.1 Å². The maximum absolute atomic E-state index is 11.0. The van der Waals surface area contributed by atoms with E-state index in [0.717, 1.165) is 36.5 Å². The van der Waals surface area contributed by atoms with Crippen molar-refractivity contribution in [2.45, 2.75) is 17.7 Å². The second kappa shape index (κ2) is 4.74. The first-order valence-corrected chi connectivity index (χ1v) is 6.52. The quantitative estimate of drug-likeness (QED) is 0.461. The summed E-state index contributed by atoms with van der Waals surface area (Å²) in [5.41, 5.74) is 0.994. The van der Waals surface area contributed by atoms with Crippen molar-refractivity contribution in [3.63, 3.8) is 0 Å². The highest BCUT2D eigenvalue weighted by molar-refractivity contribution is 7.98. The Morgan fingerprint density at radius 3 is 2.62 bits per heavy atom. The Labute approximate surface area is 98.8 Å². The molecule has 1 aliphatic heterocycles. The number of benzene rings is 1. The molecule has 5 heteroatoms. The molecule has 0 spiro atoms. The highest BCUT2D eigenvalue weighted by Crippen LogP contribution is 2.33. The predicted molar refractivity (Wildman–Crippen MR) is 66.3 cm³/mol. The summed E-state index contributed by atoms with van der Waals surface area (Å²) in [7, 11) is 0. The Morgan fingerprint density at radius 2 is 2.06 bits per heavy atom. The van der Waals surface area contributed by atoms with Crippen molar-refractivity contribution in [3.05, 3.63) is 28.3 Å². The van der Waals surface area contributed by atoms with Crippen LogP contribution in [0.25, 0.3) is 0 Å². The van der Waals surface area contributed by atoms with Gasteiger partial charge in [0.25, 0.3) is 5.69 Å². The van der Waals surface area contributed by atoms with E-state index >= 15 is 0 Å². The van der Waals surface area contributed by atoms with E-state index in [1.54, 1.807) is 6.07 Å². The lowest BCUT2D eigenvalue weighted by molar-refractivity contribution is -0.384. The van der Waals surface area contributed by atoms with Crippen molar-refractivity contribution in [1.82, 2.24) is 0 Å². The fourth-order valence-electron chi connectivity index (χ4n) is 2.00. The Hall–Kier alpha value is -1.23. The monoisotopic (exact) mass is 238 g/mol. The minimum Gasteiger partial charge on any atom is -0.366 e. The summed E-state index contributed by atoms with van der Waals surface area (Å²) in [5, 5.41) is 11.0.